The number of fused-ring (bicyclic) bond motifs is 1. The van der Waals surface area contributed by atoms with Gasteiger partial charge in [-0.25, -0.2) is 0 Å². The number of carbonyl (C=O) groups excluding carboxylic acids is 1. The summed E-state index contributed by atoms with van der Waals surface area (Å²) in [6.45, 7) is 1.07. The molecule has 0 bridgehead atoms. The predicted molar refractivity (Wildman–Crippen MR) is 81.1 cm³/mol. The Labute approximate surface area is 135 Å². The molecule has 22 heavy (non-hydrogen) atoms. The second-order valence-electron chi connectivity index (χ2n) is 4.66. The van der Waals surface area contributed by atoms with Gasteiger partial charge in [-0.2, -0.15) is 13.2 Å². The van der Waals surface area contributed by atoms with E-state index in [0.717, 1.165) is 30.5 Å². The molecule has 1 aliphatic heterocycles. The zero-order valence-electron chi connectivity index (χ0n) is 12.0. The Hall–Kier alpha value is -1.28. The summed E-state index contributed by atoms with van der Waals surface area (Å²) in [5, 5.41) is 4.58. The summed E-state index contributed by atoms with van der Waals surface area (Å²) in [5.74, 6) is -1.29. The number of nitrogens with two attached hydrogens (primary N) is 1. The Kier molecular flexibility index (Phi) is 7.15. The molecule has 0 saturated heterocycles. The van der Waals surface area contributed by atoms with Crippen LogP contribution < -0.4 is 15.8 Å². The fraction of sp³-hybridized carbons (Fsp3) is 0.500. The van der Waals surface area contributed by atoms with Crippen molar-refractivity contribution in [2.75, 3.05) is 19.0 Å². The number of alkyl halides is 4. The van der Waals surface area contributed by atoms with Gasteiger partial charge in [0.25, 0.3) is 0 Å². The minimum absolute atomic E-state index is 0.499. The molecule has 3 N–H and O–H groups in total. The molecule has 0 spiro atoms. The van der Waals surface area contributed by atoms with Gasteiger partial charge >= 0.3 is 12.1 Å². The number of nitrogens with one attached hydrogen (secondary N) is 1. The zero-order chi connectivity index (χ0) is 16.8. The van der Waals surface area contributed by atoms with Crippen LogP contribution in [0.5, 0.6) is 5.75 Å². The van der Waals surface area contributed by atoms with Crippen molar-refractivity contribution in [3.05, 3.63) is 29.3 Å². The Bertz CT molecular complexity index is 509. The smallest absolute Gasteiger partial charge is 0.470 e. The minimum Gasteiger partial charge on any atom is -0.497 e. The van der Waals surface area contributed by atoms with Crippen LogP contribution in [0.2, 0.25) is 0 Å². The molecule has 1 heterocycles. The second-order valence-corrected chi connectivity index (χ2v) is 5.45. The Morgan fingerprint density at radius 2 is 2.14 bits per heavy atom. The number of amides is 1. The first-order valence-electron chi connectivity index (χ1n) is 6.62. The topological polar surface area (TPSA) is 64.3 Å². The number of halogens is 4. The molecule has 4 nitrogen and oxygen atoms in total. The third-order valence-electron chi connectivity index (χ3n) is 3.19. The van der Waals surface area contributed by atoms with E-state index in [1.54, 1.807) is 7.11 Å². The van der Waals surface area contributed by atoms with E-state index in [0.29, 0.717) is 6.04 Å². The molecule has 2 rings (SSSR count). The van der Waals surface area contributed by atoms with Crippen molar-refractivity contribution in [1.82, 2.24) is 5.32 Å². The van der Waals surface area contributed by atoms with Crippen LogP contribution in [0.4, 0.5) is 13.2 Å². The van der Waals surface area contributed by atoms with Crippen molar-refractivity contribution in [3.63, 3.8) is 0 Å². The van der Waals surface area contributed by atoms with Crippen LogP contribution in [0, 0.1) is 0 Å². The molecule has 1 aromatic carbocycles. The zero-order valence-corrected chi connectivity index (χ0v) is 13.6. The molecule has 1 amide bonds. The number of hydrogen-bond donors (Lipinski definition) is 2. The molecular weight excluding hydrogens is 365 g/mol. The first kappa shape index (κ1) is 18.8. The van der Waals surface area contributed by atoms with Gasteiger partial charge in [0.2, 0.25) is 0 Å². The Balaban J connectivity index is 0.000000295. The van der Waals surface area contributed by atoms with Gasteiger partial charge in [-0.15, -0.1) is 0 Å². The predicted octanol–water partition coefficient (Wildman–Crippen LogP) is 2.70. The second kappa shape index (κ2) is 8.38. The molecule has 0 saturated carbocycles. The highest BCUT2D eigenvalue weighted by Crippen LogP contribution is 2.28. The fourth-order valence-electron chi connectivity index (χ4n) is 2.12. The third-order valence-corrected chi connectivity index (χ3v) is 3.65. The Morgan fingerprint density at radius 3 is 2.64 bits per heavy atom. The van der Waals surface area contributed by atoms with Gasteiger partial charge in [-0.1, -0.05) is 22.0 Å². The van der Waals surface area contributed by atoms with Crippen molar-refractivity contribution < 1.29 is 22.7 Å². The van der Waals surface area contributed by atoms with Crippen LogP contribution in [0.3, 0.4) is 0 Å². The maximum absolute atomic E-state index is 10.7. The van der Waals surface area contributed by atoms with Crippen molar-refractivity contribution in [2.24, 2.45) is 5.73 Å². The van der Waals surface area contributed by atoms with Crippen LogP contribution in [-0.2, 0) is 11.2 Å². The van der Waals surface area contributed by atoms with Gasteiger partial charge in [-0.05, 0) is 42.6 Å². The summed E-state index contributed by atoms with van der Waals surface area (Å²) in [6.07, 6.45) is -2.62. The van der Waals surface area contributed by atoms with E-state index < -0.39 is 12.1 Å². The van der Waals surface area contributed by atoms with E-state index in [1.165, 1.54) is 11.1 Å². The average Bonchev–Trinajstić information content (AvgIpc) is 2.47. The van der Waals surface area contributed by atoms with E-state index in [4.69, 9.17) is 9.53 Å². The minimum atomic E-state index is -4.86. The normalized spacial score (nSPS) is 17.0. The molecule has 0 aromatic heterocycles. The van der Waals surface area contributed by atoms with Gasteiger partial charge in [-0.3, -0.25) is 4.79 Å². The van der Waals surface area contributed by atoms with Gasteiger partial charge < -0.3 is 15.8 Å². The highest BCUT2D eigenvalue weighted by Gasteiger charge is 2.35. The summed E-state index contributed by atoms with van der Waals surface area (Å²) >= 11 is 3.50. The lowest BCUT2D eigenvalue weighted by Gasteiger charge is -2.26. The summed E-state index contributed by atoms with van der Waals surface area (Å²) in [6, 6.07) is 6.90. The lowest BCUT2D eigenvalue weighted by atomic mass is 9.93. The molecule has 8 heteroatoms. The van der Waals surface area contributed by atoms with Crippen LogP contribution >= 0.6 is 15.9 Å². The van der Waals surface area contributed by atoms with E-state index in [2.05, 4.69) is 39.1 Å². The molecule has 0 unspecified atom stereocenters. The number of hydrogen-bond acceptors (Lipinski definition) is 3. The molecular formula is C14H18BrF3N2O2. The molecule has 1 atom stereocenters. The molecule has 1 aliphatic rings. The van der Waals surface area contributed by atoms with Gasteiger partial charge in [0, 0.05) is 11.4 Å². The highest BCUT2D eigenvalue weighted by atomic mass is 79.9. The quantitative estimate of drug-likeness (QED) is 0.789. The first-order chi connectivity index (χ1) is 10.3. The molecule has 1 aromatic rings. The number of methoxy groups -OCH3 is 1. The van der Waals surface area contributed by atoms with Gasteiger partial charge in [0.15, 0.2) is 0 Å². The van der Waals surface area contributed by atoms with Crippen molar-refractivity contribution in [3.8, 4) is 5.75 Å². The van der Waals surface area contributed by atoms with Crippen molar-refractivity contribution >= 4 is 21.8 Å². The van der Waals surface area contributed by atoms with E-state index >= 15 is 0 Å². The standard InChI is InChI=1S/C12H16BrNO.C2H2F3NO/c1-15-10-2-3-11-9(8-10)5-7-14-12(11)4-6-13;3-2(4,5)1(6)7/h2-3,8,12,14H,4-7H2,1H3;(H2,6,7)/t12-;/m1./s1. The van der Waals surface area contributed by atoms with Crippen LogP contribution in [0.25, 0.3) is 0 Å². The largest absolute Gasteiger partial charge is 0.497 e. The molecule has 0 fully saturated rings. The number of rotatable bonds is 3. The summed E-state index contributed by atoms with van der Waals surface area (Å²) in [5.41, 5.74) is 6.67. The van der Waals surface area contributed by atoms with Crippen molar-refractivity contribution in [1.29, 1.82) is 0 Å². The molecule has 0 aliphatic carbocycles. The number of benzene rings is 1. The maximum Gasteiger partial charge on any atom is 0.470 e. The van der Waals surface area contributed by atoms with Crippen LogP contribution in [0.15, 0.2) is 18.2 Å². The first-order valence-corrected chi connectivity index (χ1v) is 7.74. The number of ether oxygens (including phenoxy) is 1. The van der Waals surface area contributed by atoms with Gasteiger partial charge in [0.05, 0.1) is 7.11 Å². The SMILES string of the molecule is COc1ccc2c(c1)CCN[C@@H]2CCBr.NC(=O)C(F)(F)F. The highest BCUT2D eigenvalue weighted by molar-refractivity contribution is 9.09. The monoisotopic (exact) mass is 382 g/mol. The Morgan fingerprint density at radius 1 is 1.50 bits per heavy atom. The summed E-state index contributed by atoms with van der Waals surface area (Å²) in [7, 11) is 1.72. The molecule has 0 radical (unpaired) electrons. The number of carbonyl (C=O) groups is 1. The van der Waals surface area contributed by atoms with Crippen LogP contribution in [-0.4, -0.2) is 31.1 Å². The van der Waals surface area contributed by atoms with Crippen molar-refractivity contribution in [2.45, 2.75) is 25.1 Å². The lowest BCUT2D eigenvalue weighted by molar-refractivity contribution is -0.169. The van der Waals surface area contributed by atoms with Crippen LogP contribution in [0.1, 0.15) is 23.6 Å². The van der Waals surface area contributed by atoms with Gasteiger partial charge in [0.1, 0.15) is 5.75 Å². The van der Waals surface area contributed by atoms with E-state index in [-0.39, 0.29) is 0 Å². The lowest BCUT2D eigenvalue weighted by Crippen LogP contribution is -2.30. The van der Waals surface area contributed by atoms with E-state index in [9.17, 15) is 13.2 Å². The summed E-state index contributed by atoms with van der Waals surface area (Å²) < 4.78 is 37.4. The average molecular weight is 383 g/mol. The fourth-order valence-corrected chi connectivity index (χ4v) is 2.58. The third kappa shape index (κ3) is 5.49. The summed E-state index contributed by atoms with van der Waals surface area (Å²) in [4.78, 5) is 9.12. The molecule has 124 valence electrons. The van der Waals surface area contributed by atoms with E-state index in [1.807, 2.05) is 6.07 Å². The maximum atomic E-state index is 10.7. The number of primary amides is 1.